The molecule has 0 aliphatic carbocycles. The Labute approximate surface area is 237 Å². The molecule has 4 N–H and O–H groups in total. The number of hydrogen-bond acceptors (Lipinski definition) is 9. The van der Waals surface area contributed by atoms with E-state index in [-0.39, 0.29) is 28.1 Å². The molecule has 1 aliphatic heterocycles. The number of benzene rings is 1. The Morgan fingerprint density at radius 1 is 1.18 bits per heavy atom. The largest absolute Gasteiger partial charge is 0.496 e. The smallest absolute Gasteiger partial charge is 0.261 e. The third kappa shape index (κ3) is 6.07. The van der Waals surface area contributed by atoms with Gasteiger partial charge in [-0.1, -0.05) is 23.7 Å². The maximum absolute atomic E-state index is 13.1. The van der Waals surface area contributed by atoms with Crippen LogP contribution in [-0.4, -0.2) is 70.4 Å². The first-order chi connectivity index (χ1) is 20.2. The number of nitrogens with one attached hydrogen (secondary N) is 3. The zero-order chi connectivity index (χ0) is 30.9. The third-order valence-corrected chi connectivity index (χ3v) is 6.18. The lowest BCUT2D eigenvalue weighted by Gasteiger charge is -2.11. The highest BCUT2D eigenvalue weighted by molar-refractivity contribution is 7.85. The van der Waals surface area contributed by atoms with Crippen LogP contribution in [0.25, 0.3) is 44.6 Å². The predicted octanol–water partition coefficient (Wildman–Crippen LogP) is 3.90. The number of pyridine rings is 3. The lowest BCUT2D eigenvalue weighted by molar-refractivity contribution is 0.195. The predicted molar refractivity (Wildman–Crippen MR) is 153 cm³/mol. The van der Waals surface area contributed by atoms with Gasteiger partial charge in [-0.25, -0.2) is 9.97 Å². The summed E-state index contributed by atoms with van der Waals surface area (Å²) in [5, 5.41) is 4.19. The van der Waals surface area contributed by atoms with Crippen LogP contribution in [0.2, 0.25) is 5.15 Å². The highest BCUT2D eigenvalue weighted by atomic mass is 35.5. The van der Waals surface area contributed by atoms with Crippen LogP contribution < -0.4 is 15.6 Å². The number of ether oxygens (including phenoxy) is 2. The highest BCUT2D eigenvalue weighted by Gasteiger charge is 2.21. The zero-order valence-corrected chi connectivity index (χ0v) is 22.5. The quantitative estimate of drug-likeness (QED) is 0.174. The lowest BCUT2D eigenvalue weighted by atomic mass is 10.0. The summed E-state index contributed by atoms with van der Waals surface area (Å²) >= 11 is 6.26. The number of rotatable bonds is 5. The fraction of sp³-hybridized carbons (Fsp3) is 0.231. The Bertz CT molecular complexity index is 1970. The minimum absolute atomic E-state index is 0.0826. The van der Waals surface area contributed by atoms with Crippen molar-refractivity contribution in [3.05, 3.63) is 64.2 Å². The van der Waals surface area contributed by atoms with Gasteiger partial charge < -0.3 is 24.8 Å². The molecule has 1 saturated heterocycles. The van der Waals surface area contributed by atoms with Gasteiger partial charge >= 0.3 is 0 Å². The number of aromatic nitrogens is 5. The van der Waals surface area contributed by atoms with Gasteiger partial charge in [-0.15, -0.1) is 0 Å². The van der Waals surface area contributed by atoms with Crippen molar-refractivity contribution in [1.82, 2.24) is 24.9 Å². The summed E-state index contributed by atoms with van der Waals surface area (Å²) in [6.45, 7) is 1.22. The Balaban J connectivity index is 0.000000682. The highest BCUT2D eigenvalue weighted by Crippen LogP contribution is 2.34. The summed E-state index contributed by atoms with van der Waals surface area (Å²) in [6.07, 6.45) is 3.09. The molecule has 1 atom stereocenters. The molecule has 0 radical (unpaired) electrons. The summed E-state index contributed by atoms with van der Waals surface area (Å²) in [5.74, 6) is 0.969. The number of H-pyrrole nitrogens is 2. The second-order valence-corrected chi connectivity index (χ2v) is 10.8. The molecule has 0 bridgehead atoms. The van der Waals surface area contributed by atoms with Crippen molar-refractivity contribution < 1.29 is 26.6 Å². The number of hydrogen-bond donors (Lipinski definition) is 4. The van der Waals surface area contributed by atoms with Gasteiger partial charge in [0.05, 0.1) is 52.3 Å². The lowest BCUT2D eigenvalue weighted by Crippen LogP contribution is -2.20. The van der Waals surface area contributed by atoms with Crippen molar-refractivity contribution in [2.75, 3.05) is 31.8 Å². The maximum atomic E-state index is 13.1. The first kappa shape index (κ1) is 23.8. The fourth-order valence-corrected chi connectivity index (χ4v) is 4.52. The Hall–Kier alpha value is -4.04. The third-order valence-electron chi connectivity index (χ3n) is 5.99. The van der Waals surface area contributed by atoms with Crippen LogP contribution in [0.1, 0.15) is 10.5 Å². The molecule has 4 aromatic heterocycles. The van der Waals surface area contributed by atoms with E-state index in [1.165, 1.54) is 0 Å². The van der Waals surface area contributed by atoms with Gasteiger partial charge in [-0.05, 0) is 30.7 Å². The van der Waals surface area contributed by atoms with E-state index in [1.54, 1.807) is 48.7 Å². The van der Waals surface area contributed by atoms with Crippen LogP contribution in [0.3, 0.4) is 0 Å². The first-order valence-electron chi connectivity index (χ1n) is 13.4. The summed E-state index contributed by atoms with van der Waals surface area (Å²) in [5.41, 5.74) is 2.50. The average molecular weight is 588 g/mol. The number of imidazole rings is 1. The minimum atomic E-state index is -3.67. The monoisotopic (exact) mass is 587 g/mol. The van der Waals surface area contributed by atoms with Gasteiger partial charge in [0.2, 0.25) is 0 Å². The molecule has 1 aromatic carbocycles. The van der Waals surface area contributed by atoms with E-state index >= 15 is 0 Å². The summed E-state index contributed by atoms with van der Waals surface area (Å²) in [7, 11) is -6.31. The number of methoxy groups -OCH3 is 1. The molecule has 5 heterocycles. The van der Waals surface area contributed by atoms with E-state index in [1.807, 2.05) is 0 Å². The van der Waals surface area contributed by atoms with E-state index in [4.69, 9.17) is 29.7 Å². The molecule has 5 aromatic rings. The Morgan fingerprint density at radius 2 is 1.98 bits per heavy atom. The number of para-hydroxylation sites is 1. The minimum Gasteiger partial charge on any atom is -0.496 e. The molecule has 6 rings (SSSR count). The number of nitrogens with zero attached hydrogens (tertiary/aromatic N) is 3. The van der Waals surface area contributed by atoms with Gasteiger partial charge in [-0.3, -0.25) is 14.3 Å². The summed E-state index contributed by atoms with van der Waals surface area (Å²) < 4.78 is 59.1. The maximum Gasteiger partial charge on any atom is 0.261 e. The van der Waals surface area contributed by atoms with Gasteiger partial charge in [0.1, 0.15) is 22.2 Å². The fourth-order valence-electron chi connectivity index (χ4n) is 4.32. The second-order valence-electron chi connectivity index (χ2n) is 8.94. The van der Waals surface area contributed by atoms with E-state index in [9.17, 15) is 13.2 Å². The molecule has 14 heteroatoms. The molecule has 1 fully saturated rings. The number of anilines is 1. The van der Waals surface area contributed by atoms with Crippen LogP contribution >= 0.6 is 11.6 Å². The molecule has 208 valence electrons. The molecular weight excluding hydrogens is 560 g/mol. The molecule has 12 nitrogen and oxygen atoms in total. The summed E-state index contributed by atoms with van der Waals surface area (Å²) in [6, 6.07) is 11.8. The van der Waals surface area contributed by atoms with Crippen molar-refractivity contribution >= 4 is 49.5 Å². The topological polar surface area (TPSA) is 172 Å². The van der Waals surface area contributed by atoms with Gasteiger partial charge in [0.15, 0.2) is 5.82 Å². The summed E-state index contributed by atoms with van der Waals surface area (Å²) in [4.78, 5) is 32.8. The average Bonchev–Trinajstić information content (AvgIpc) is 3.56. The number of aromatic amines is 2. The Morgan fingerprint density at radius 3 is 2.73 bits per heavy atom. The molecule has 0 spiro atoms. The van der Waals surface area contributed by atoms with Crippen LogP contribution in [0.4, 0.5) is 5.82 Å². The van der Waals surface area contributed by atoms with Crippen molar-refractivity contribution in [3.8, 4) is 28.4 Å². The molecule has 0 amide bonds. The molecule has 0 unspecified atom stereocenters. The van der Waals surface area contributed by atoms with Crippen LogP contribution in [0.15, 0.2) is 53.5 Å². The van der Waals surface area contributed by atoms with Crippen molar-refractivity contribution in [2.45, 2.75) is 12.5 Å². The molecule has 0 saturated carbocycles. The van der Waals surface area contributed by atoms with E-state index in [0.29, 0.717) is 64.3 Å². The van der Waals surface area contributed by atoms with Gasteiger partial charge in [0.25, 0.3) is 15.7 Å². The van der Waals surface area contributed by atoms with Gasteiger partial charge in [0, 0.05) is 29.8 Å². The number of halogens is 1. The molecule has 1 aliphatic rings. The van der Waals surface area contributed by atoms with Crippen LogP contribution in [0.5, 0.6) is 5.75 Å². The second kappa shape index (κ2) is 11.2. The van der Waals surface area contributed by atoms with Crippen LogP contribution in [0, 0.1) is 0 Å². The van der Waals surface area contributed by atoms with Crippen LogP contribution in [-0.2, 0) is 14.9 Å². The standard InChI is InChI=1S/C25H21ClN6O3.CH4O3S/c1-34-19-5-3-2-4-14(19)21-15-10-16(25(33)30-17(15)6-8-27-21)23-29-18-11-20(26)31-24(22(18)32-23)28-13-7-9-35-12-13;1-5(2,3)4/h2-6,8,10-11,13H,7,9,12H2,1H3,(H,28,31)(H,29,32)(H,30,33);1H3,(H,2,3,4)/t13-;/m0./s1/i1D3;. The SMILES string of the molecule is CS(=O)(=O)O.[2H]C([2H])([2H])Oc1ccccc1-c1nccc2[nH]c(=O)c(-c3nc4c(N[C@H]5CCOC5)nc(Cl)cc4[nH]3)cc12. The van der Waals surface area contributed by atoms with Crippen molar-refractivity contribution in [2.24, 2.45) is 0 Å². The molecular formula is C26H25ClN6O6S. The normalized spacial score (nSPS) is 16.6. The van der Waals surface area contributed by atoms with Crippen molar-refractivity contribution in [1.29, 1.82) is 0 Å². The first-order valence-corrected chi connectivity index (χ1v) is 14.1. The van der Waals surface area contributed by atoms with E-state index < -0.39 is 17.2 Å². The number of fused-ring (bicyclic) bond motifs is 2. The van der Waals surface area contributed by atoms with E-state index in [2.05, 4.69) is 30.2 Å². The van der Waals surface area contributed by atoms with Crippen molar-refractivity contribution in [3.63, 3.8) is 0 Å². The Kier molecular flexibility index (Phi) is 6.68. The molecule has 40 heavy (non-hydrogen) atoms. The van der Waals surface area contributed by atoms with E-state index in [0.717, 1.165) is 6.42 Å². The van der Waals surface area contributed by atoms with Gasteiger partial charge in [-0.2, -0.15) is 8.42 Å². The zero-order valence-electron chi connectivity index (χ0n) is 23.9.